The molecule has 0 fully saturated rings. The Kier molecular flexibility index (Phi) is 3.43. The van der Waals surface area contributed by atoms with Crippen LogP contribution in [0.15, 0.2) is 24.3 Å². The summed E-state index contributed by atoms with van der Waals surface area (Å²) in [6.07, 6.45) is 2.92. The maximum absolute atomic E-state index is 12.2. The number of H-pyrrole nitrogens is 1. The van der Waals surface area contributed by atoms with E-state index in [-0.39, 0.29) is 11.8 Å². The third-order valence-electron chi connectivity index (χ3n) is 3.48. The van der Waals surface area contributed by atoms with Gasteiger partial charge in [-0.2, -0.15) is 5.10 Å². The Morgan fingerprint density at radius 2 is 1.76 bits per heavy atom. The third-order valence-corrected chi connectivity index (χ3v) is 3.48. The van der Waals surface area contributed by atoms with Crippen LogP contribution in [0.3, 0.4) is 0 Å². The Hall–Kier alpha value is -2.63. The third kappa shape index (κ3) is 2.79. The fourth-order valence-electron chi connectivity index (χ4n) is 2.54. The monoisotopic (exact) mass is 284 g/mol. The summed E-state index contributed by atoms with van der Waals surface area (Å²) in [7, 11) is 0. The Labute approximate surface area is 121 Å². The lowest BCUT2D eigenvalue weighted by molar-refractivity contribution is -0.114. The van der Waals surface area contributed by atoms with Crippen LogP contribution in [0.1, 0.15) is 35.1 Å². The Morgan fingerprint density at radius 1 is 1.10 bits per heavy atom. The van der Waals surface area contributed by atoms with Gasteiger partial charge in [0.15, 0.2) is 5.69 Å². The topological polar surface area (TPSA) is 86.9 Å². The van der Waals surface area contributed by atoms with Gasteiger partial charge in [-0.3, -0.25) is 14.7 Å². The molecule has 6 nitrogen and oxygen atoms in total. The minimum atomic E-state index is -0.207. The van der Waals surface area contributed by atoms with E-state index in [0.717, 1.165) is 30.5 Å². The molecule has 0 radical (unpaired) electrons. The smallest absolute Gasteiger partial charge is 0.276 e. The van der Waals surface area contributed by atoms with Crippen molar-refractivity contribution in [1.29, 1.82) is 0 Å². The number of hydrogen-bond donors (Lipinski definition) is 3. The number of anilines is 2. The number of hydrogen-bond acceptors (Lipinski definition) is 3. The summed E-state index contributed by atoms with van der Waals surface area (Å²) in [6, 6.07) is 6.98. The minimum Gasteiger partial charge on any atom is -0.326 e. The molecule has 21 heavy (non-hydrogen) atoms. The summed E-state index contributed by atoms with van der Waals surface area (Å²) in [5.41, 5.74) is 3.95. The number of benzene rings is 1. The molecule has 1 aromatic heterocycles. The number of carbonyl (C=O) groups is 2. The van der Waals surface area contributed by atoms with Crippen molar-refractivity contribution in [3.63, 3.8) is 0 Å². The van der Waals surface area contributed by atoms with Crippen molar-refractivity contribution >= 4 is 23.2 Å². The summed E-state index contributed by atoms with van der Waals surface area (Å²) < 4.78 is 0. The van der Waals surface area contributed by atoms with Gasteiger partial charge in [-0.15, -0.1) is 0 Å². The highest BCUT2D eigenvalue weighted by Gasteiger charge is 2.22. The molecule has 1 aromatic carbocycles. The molecule has 1 heterocycles. The molecule has 0 bridgehead atoms. The molecule has 1 aliphatic carbocycles. The van der Waals surface area contributed by atoms with Crippen LogP contribution in [0.25, 0.3) is 0 Å². The van der Waals surface area contributed by atoms with E-state index in [0.29, 0.717) is 17.1 Å². The summed E-state index contributed by atoms with van der Waals surface area (Å²) >= 11 is 0. The fraction of sp³-hybridized carbons (Fsp3) is 0.267. The van der Waals surface area contributed by atoms with Crippen molar-refractivity contribution in [1.82, 2.24) is 10.2 Å². The lowest BCUT2D eigenvalue weighted by Crippen LogP contribution is -2.14. The number of aromatic amines is 1. The van der Waals surface area contributed by atoms with E-state index in [1.165, 1.54) is 6.92 Å². The molecule has 0 saturated carbocycles. The number of aromatic nitrogens is 2. The van der Waals surface area contributed by atoms with Crippen LogP contribution < -0.4 is 10.6 Å². The van der Waals surface area contributed by atoms with Gasteiger partial charge < -0.3 is 10.6 Å². The van der Waals surface area contributed by atoms with Crippen molar-refractivity contribution < 1.29 is 9.59 Å². The van der Waals surface area contributed by atoms with Crippen LogP contribution in [0, 0.1) is 0 Å². The zero-order valence-electron chi connectivity index (χ0n) is 11.7. The Balaban J connectivity index is 1.71. The van der Waals surface area contributed by atoms with Crippen LogP contribution in [0.5, 0.6) is 0 Å². The van der Waals surface area contributed by atoms with Crippen molar-refractivity contribution in [3.05, 3.63) is 41.2 Å². The van der Waals surface area contributed by atoms with Gasteiger partial charge in [-0.1, -0.05) is 0 Å². The minimum absolute atomic E-state index is 0.126. The summed E-state index contributed by atoms with van der Waals surface area (Å²) in [6.45, 7) is 1.45. The molecule has 108 valence electrons. The average molecular weight is 284 g/mol. The van der Waals surface area contributed by atoms with Crippen LogP contribution in [0.2, 0.25) is 0 Å². The molecule has 2 amide bonds. The second kappa shape index (κ2) is 5.40. The second-order valence-corrected chi connectivity index (χ2v) is 5.10. The van der Waals surface area contributed by atoms with Gasteiger partial charge in [0.25, 0.3) is 5.91 Å². The van der Waals surface area contributed by atoms with Gasteiger partial charge >= 0.3 is 0 Å². The lowest BCUT2D eigenvalue weighted by Gasteiger charge is -2.06. The zero-order valence-corrected chi connectivity index (χ0v) is 11.7. The van der Waals surface area contributed by atoms with Gasteiger partial charge in [-0.05, 0) is 43.5 Å². The zero-order chi connectivity index (χ0) is 14.8. The number of aryl methyl sites for hydroxylation is 1. The average Bonchev–Trinajstić information content (AvgIpc) is 3.02. The number of amides is 2. The largest absolute Gasteiger partial charge is 0.326 e. The highest BCUT2D eigenvalue weighted by molar-refractivity contribution is 6.04. The van der Waals surface area contributed by atoms with Crippen LogP contribution in [-0.2, 0) is 17.6 Å². The lowest BCUT2D eigenvalue weighted by atomic mass is 10.2. The Bertz CT molecular complexity index is 688. The fourth-order valence-corrected chi connectivity index (χ4v) is 2.54. The van der Waals surface area contributed by atoms with Crippen molar-refractivity contribution in [2.45, 2.75) is 26.2 Å². The maximum Gasteiger partial charge on any atom is 0.276 e. The molecular weight excluding hydrogens is 268 g/mol. The first-order valence-corrected chi connectivity index (χ1v) is 6.88. The van der Waals surface area contributed by atoms with Gasteiger partial charge in [0, 0.05) is 29.6 Å². The van der Waals surface area contributed by atoms with Crippen molar-refractivity contribution in [2.75, 3.05) is 10.6 Å². The molecule has 1 aliphatic rings. The molecule has 2 aromatic rings. The molecule has 0 atom stereocenters. The van der Waals surface area contributed by atoms with Crippen LogP contribution in [0.4, 0.5) is 11.4 Å². The first kappa shape index (κ1) is 13.4. The molecule has 0 aliphatic heterocycles. The predicted molar refractivity (Wildman–Crippen MR) is 79.3 cm³/mol. The quantitative estimate of drug-likeness (QED) is 0.806. The van der Waals surface area contributed by atoms with Gasteiger partial charge in [-0.25, -0.2) is 0 Å². The van der Waals surface area contributed by atoms with Crippen molar-refractivity contribution in [3.8, 4) is 0 Å². The number of nitrogens with zero attached hydrogens (tertiary/aromatic N) is 1. The maximum atomic E-state index is 12.2. The highest BCUT2D eigenvalue weighted by Crippen LogP contribution is 2.23. The molecular formula is C15H16N4O2. The van der Waals surface area contributed by atoms with E-state index in [4.69, 9.17) is 0 Å². The molecule has 3 N–H and O–H groups in total. The van der Waals surface area contributed by atoms with E-state index in [9.17, 15) is 9.59 Å². The van der Waals surface area contributed by atoms with E-state index >= 15 is 0 Å². The molecule has 6 heteroatoms. The van der Waals surface area contributed by atoms with E-state index in [1.807, 2.05) is 0 Å². The molecule has 0 unspecified atom stereocenters. The summed E-state index contributed by atoms with van der Waals surface area (Å²) in [5, 5.41) is 12.5. The number of carbonyl (C=O) groups excluding carboxylic acids is 2. The normalized spacial score (nSPS) is 12.8. The van der Waals surface area contributed by atoms with E-state index in [2.05, 4.69) is 20.8 Å². The molecule has 0 saturated heterocycles. The standard InChI is InChI=1S/C15H16N4O2/c1-9(20)16-10-5-7-11(8-6-10)17-15(21)14-12-3-2-4-13(12)18-19-14/h5-8H,2-4H2,1H3,(H,16,20)(H,17,21)(H,18,19). The number of nitrogens with one attached hydrogen (secondary N) is 3. The number of rotatable bonds is 3. The molecule has 0 spiro atoms. The van der Waals surface area contributed by atoms with Crippen LogP contribution in [-0.4, -0.2) is 22.0 Å². The van der Waals surface area contributed by atoms with E-state index < -0.39 is 0 Å². The first-order valence-electron chi connectivity index (χ1n) is 6.88. The molecule has 3 rings (SSSR count). The highest BCUT2D eigenvalue weighted by atomic mass is 16.2. The summed E-state index contributed by atoms with van der Waals surface area (Å²) in [5.74, 6) is -0.333. The first-order chi connectivity index (χ1) is 10.1. The van der Waals surface area contributed by atoms with Gasteiger partial charge in [0.2, 0.25) is 5.91 Å². The SMILES string of the molecule is CC(=O)Nc1ccc(NC(=O)c2n[nH]c3c2CCC3)cc1. The van der Waals surface area contributed by atoms with Gasteiger partial charge in [0.1, 0.15) is 0 Å². The van der Waals surface area contributed by atoms with Crippen molar-refractivity contribution in [2.24, 2.45) is 0 Å². The van der Waals surface area contributed by atoms with Crippen LogP contribution >= 0.6 is 0 Å². The van der Waals surface area contributed by atoms with Gasteiger partial charge in [0.05, 0.1) is 0 Å². The Morgan fingerprint density at radius 3 is 2.43 bits per heavy atom. The van der Waals surface area contributed by atoms with E-state index in [1.54, 1.807) is 24.3 Å². The second-order valence-electron chi connectivity index (χ2n) is 5.10. The predicted octanol–water partition coefficient (Wildman–Crippen LogP) is 2.11. The summed E-state index contributed by atoms with van der Waals surface area (Å²) in [4.78, 5) is 23.2. The number of fused-ring (bicyclic) bond motifs is 1.